The van der Waals surface area contributed by atoms with Crippen LogP contribution in [0.1, 0.15) is 24.0 Å². The third kappa shape index (κ3) is 2.27. The Kier molecular flexibility index (Phi) is 3.60. The lowest BCUT2D eigenvalue weighted by atomic mass is 9.86. The Balaban J connectivity index is 2.02. The SMILES string of the molecule is CC1=C(C#N)C(c2ccc(Br)cc2)C2=C(N1)c1ccccc1S2(=O)=O. The molecule has 0 bridgehead atoms. The highest BCUT2D eigenvalue weighted by atomic mass is 79.9. The number of nitriles is 1. The van der Waals surface area contributed by atoms with E-state index in [1.165, 1.54) is 0 Å². The molecule has 4 rings (SSSR count). The predicted molar refractivity (Wildman–Crippen MR) is 98.9 cm³/mol. The van der Waals surface area contributed by atoms with E-state index in [4.69, 9.17) is 0 Å². The lowest BCUT2D eigenvalue weighted by Gasteiger charge is -2.26. The zero-order valence-corrected chi connectivity index (χ0v) is 15.6. The van der Waals surface area contributed by atoms with Gasteiger partial charge in [-0.3, -0.25) is 0 Å². The van der Waals surface area contributed by atoms with Crippen LogP contribution in [0.15, 0.2) is 74.1 Å². The van der Waals surface area contributed by atoms with Crippen molar-refractivity contribution in [3.63, 3.8) is 0 Å². The Hall–Kier alpha value is -2.36. The van der Waals surface area contributed by atoms with E-state index >= 15 is 0 Å². The monoisotopic (exact) mass is 412 g/mol. The summed E-state index contributed by atoms with van der Waals surface area (Å²) in [5.41, 5.74) is 3.14. The quantitative estimate of drug-likeness (QED) is 0.765. The number of nitrogens with one attached hydrogen (secondary N) is 1. The second-order valence-electron chi connectivity index (χ2n) is 6.00. The van der Waals surface area contributed by atoms with Crippen LogP contribution in [0.5, 0.6) is 0 Å². The largest absolute Gasteiger partial charge is 0.357 e. The number of benzene rings is 2. The highest BCUT2D eigenvalue weighted by Gasteiger charge is 2.44. The molecule has 1 unspecified atom stereocenters. The summed E-state index contributed by atoms with van der Waals surface area (Å²) in [6, 6.07) is 16.6. The van der Waals surface area contributed by atoms with E-state index in [0.717, 1.165) is 10.0 Å². The van der Waals surface area contributed by atoms with Gasteiger partial charge in [-0.15, -0.1) is 0 Å². The summed E-state index contributed by atoms with van der Waals surface area (Å²) in [5, 5.41) is 12.8. The van der Waals surface area contributed by atoms with Crippen LogP contribution in [0, 0.1) is 11.3 Å². The number of dihydropyridines is 1. The van der Waals surface area contributed by atoms with E-state index in [0.29, 0.717) is 27.4 Å². The second-order valence-corrected chi connectivity index (χ2v) is 8.80. The molecule has 0 saturated carbocycles. The van der Waals surface area contributed by atoms with Crippen molar-refractivity contribution in [2.75, 3.05) is 0 Å². The van der Waals surface area contributed by atoms with Gasteiger partial charge in [0.2, 0.25) is 9.84 Å². The summed E-state index contributed by atoms with van der Waals surface area (Å²) >= 11 is 3.40. The van der Waals surface area contributed by atoms with Crippen LogP contribution >= 0.6 is 15.9 Å². The van der Waals surface area contributed by atoms with Crippen molar-refractivity contribution >= 4 is 31.5 Å². The number of allylic oxidation sites excluding steroid dienone is 3. The summed E-state index contributed by atoms with van der Waals surface area (Å²) < 4.78 is 27.3. The average molecular weight is 413 g/mol. The zero-order chi connectivity index (χ0) is 17.8. The van der Waals surface area contributed by atoms with Gasteiger partial charge in [-0.25, -0.2) is 8.42 Å². The van der Waals surface area contributed by atoms with Crippen LogP contribution in [0.4, 0.5) is 0 Å². The highest BCUT2D eigenvalue weighted by molar-refractivity contribution is 9.10. The lowest BCUT2D eigenvalue weighted by molar-refractivity contribution is 0.600. The molecule has 0 aliphatic carbocycles. The van der Waals surface area contributed by atoms with Crippen molar-refractivity contribution in [2.45, 2.75) is 17.7 Å². The summed E-state index contributed by atoms with van der Waals surface area (Å²) in [7, 11) is -3.66. The normalized spacial score (nSPS) is 20.6. The minimum Gasteiger partial charge on any atom is -0.357 e. The van der Waals surface area contributed by atoms with Crippen molar-refractivity contribution < 1.29 is 8.42 Å². The van der Waals surface area contributed by atoms with Crippen LogP contribution in [-0.4, -0.2) is 8.42 Å². The molecule has 0 saturated heterocycles. The fraction of sp³-hybridized carbons (Fsp3) is 0.105. The molecule has 25 heavy (non-hydrogen) atoms. The maximum absolute atomic E-state index is 13.2. The van der Waals surface area contributed by atoms with Gasteiger partial charge in [0.25, 0.3) is 0 Å². The topological polar surface area (TPSA) is 70.0 Å². The average Bonchev–Trinajstić information content (AvgIpc) is 2.82. The standard InChI is InChI=1S/C19H13BrN2O2S/c1-11-15(10-21)17(12-6-8-13(20)9-7-12)19-18(22-11)14-4-2-3-5-16(14)25(19,23)24/h2-9,17,22H,1H3. The first kappa shape index (κ1) is 16.1. The third-order valence-corrected chi connectivity index (χ3v) is 7.06. The van der Waals surface area contributed by atoms with E-state index in [2.05, 4.69) is 27.3 Å². The maximum atomic E-state index is 13.2. The van der Waals surface area contributed by atoms with Gasteiger partial charge < -0.3 is 5.32 Å². The molecule has 0 radical (unpaired) electrons. The summed E-state index contributed by atoms with van der Waals surface area (Å²) in [4.78, 5) is 0.555. The lowest BCUT2D eigenvalue weighted by Crippen LogP contribution is -2.24. The summed E-state index contributed by atoms with van der Waals surface area (Å²) in [5.74, 6) is -0.605. The van der Waals surface area contributed by atoms with E-state index in [1.807, 2.05) is 37.3 Å². The maximum Gasteiger partial charge on any atom is 0.206 e. The van der Waals surface area contributed by atoms with Gasteiger partial charge in [0.05, 0.1) is 33.1 Å². The number of sulfone groups is 1. The summed E-state index contributed by atoms with van der Waals surface area (Å²) in [6.07, 6.45) is 0. The van der Waals surface area contributed by atoms with Gasteiger partial charge >= 0.3 is 0 Å². The Morgan fingerprint density at radius 3 is 2.48 bits per heavy atom. The van der Waals surface area contributed by atoms with Crippen molar-refractivity contribution in [3.05, 3.63) is 80.3 Å². The predicted octanol–water partition coefficient (Wildman–Crippen LogP) is 4.09. The molecule has 2 aliphatic rings. The van der Waals surface area contributed by atoms with Crippen molar-refractivity contribution in [2.24, 2.45) is 0 Å². The first-order chi connectivity index (χ1) is 11.9. The van der Waals surface area contributed by atoms with E-state index < -0.39 is 15.8 Å². The fourth-order valence-electron chi connectivity index (χ4n) is 3.45. The molecule has 0 spiro atoms. The molecule has 1 N–H and O–H groups in total. The van der Waals surface area contributed by atoms with Crippen LogP contribution in [0.3, 0.4) is 0 Å². The van der Waals surface area contributed by atoms with Crippen LogP contribution in [0.2, 0.25) is 0 Å². The Bertz CT molecular complexity index is 1110. The minimum absolute atomic E-state index is 0.262. The Morgan fingerprint density at radius 2 is 1.80 bits per heavy atom. The number of halogens is 1. The molecule has 0 aromatic heterocycles. The molecular weight excluding hydrogens is 400 g/mol. The van der Waals surface area contributed by atoms with Gasteiger partial charge in [0.1, 0.15) is 0 Å². The smallest absolute Gasteiger partial charge is 0.206 e. The molecule has 4 nitrogen and oxygen atoms in total. The molecule has 2 aromatic carbocycles. The Morgan fingerprint density at radius 1 is 1.12 bits per heavy atom. The number of fused-ring (bicyclic) bond motifs is 2. The Labute approximate surface area is 154 Å². The number of hydrogen-bond donors (Lipinski definition) is 1. The molecule has 2 aliphatic heterocycles. The molecular formula is C19H13BrN2O2S. The zero-order valence-electron chi connectivity index (χ0n) is 13.2. The van der Waals surface area contributed by atoms with Crippen molar-refractivity contribution in [3.8, 4) is 6.07 Å². The van der Waals surface area contributed by atoms with Gasteiger partial charge in [-0.05, 0) is 30.7 Å². The van der Waals surface area contributed by atoms with Gasteiger partial charge in [-0.1, -0.05) is 46.3 Å². The first-order valence-corrected chi connectivity index (χ1v) is 9.95. The van der Waals surface area contributed by atoms with Crippen molar-refractivity contribution in [1.82, 2.24) is 5.32 Å². The molecule has 6 heteroatoms. The third-order valence-electron chi connectivity index (χ3n) is 4.57. The van der Waals surface area contributed by atoms with Gasteiger partial charge in [-0.2, -0.15) is 5.26 Å². The molecule has 0 amide bonds. The molecule has 0 fully saturated rings. The van der Waals surface area contributed by atoms with Crippen LogP contribution in [-0.2, 0) is 9.84 Å². The van der Waals surface area contributed by atoms with Crippen LogP contribution < -0.4 is 5.32 Å². The first-order valence-electron chi connectivity index (χ1n) is 7.67. The molecule has 124 valence electrons. The highest BCUT2D eigenvalue weighted by Crippen LogP contribution is 2.50. The van der Waals surface area contributed by atoms with E-state index in [9.17, 15) is 13.7 Å². The van der Waals surface area contributed by atoms with Crippen LogP contribution in [0.25, 0.3) is 5.70 Å². The fourth-order valence-corrected chi connectivity index (χ4v) is 5.66. The molecule has 2 heterocycles. The van der Waals surface area contributed by atoms with E-state index in [-0.39, 0.29) is 4.91 Å². The second kappa shape index (κ2) is 5.58. The molecule has 1 atom stereocenters. The van der Waals surface area contributed by atoms with E-state index in [1.54, 1.807) is 18.2 Å². The van der Waals surface area contributed by atoms with Crippen molar-refractivity contribution in [1.29, 1.82) is 5.26 Å². The summed E-state index contributed by atoms with van der Waals surface area (Å²) in [6.45, 7) is 1.81. The molecule has 2 aromatic rings. The minimum atomic E-state index is -3.66. The van der Waals surface area contributed by atoms with Gasteiger partial charge in [0.15, 0.2) is 0 Å². The van der Waals surface area contributed by atoms with Gasteiger partial charge in [0, 0.05) is 15.7 Å². The number of hydrogen-bond acceptors (Lipinski definition) is 4. The number of rotatable bonds is 1. The number of nitrogens with zero attached hydrogens (tertiary/aromatic N) is 1.